The molecule has 0 amide bonds. The van der Waals surface area contributed by atoms with Gasteiger partial charge < -0.3 is 9.84 Å². The van der Waals surface area contributed by atoms with E-state index in [1.165, 1.54) is 11.1 Å². The van der Waals surface area contributed by atoms with Gasteiger partial charge in [0.25, 0.3) is 0 Å². The molecule has 1 aromatic carbocycles. The summed E-state index contributed by atoms with van der Waals surface area (Å²) in [6.45, 7) is 10.4. The molecule has 0 aliphatic heterocycles. The Balaban J connectivity index is 3.01. The first kappa shape index (κ1) is 13.0. The van der Waals surface area contributed by atoms with Gasteiger partial charge in [0, 0.05) is 6.42 Å². The molecule has 0 unspecified atom stereocenters. The Morgan fingerprint density at radius 3 is 2.31 bits per heavy atom. The second-order valence-corrected chi connectivity index (χ2v) is 4.97. The van der Waals surface area contributed by atoms with Crippen molar-refractivity contribution >= 4 is 0 Å². The zero-order valence-corrected chi connectivity index (χ0v) is 10.9. The molecule has 0 aromatic heterocycles. The summed E-state index contributed by atoms with van der Waals surface area (Å²) < 4.78 is 5.54. The fourth-order valence-corrected chi connectivity index (χ4v) is 1.82. The molecular formula is C14H22O2. The Hall–Kier alpha value is -1.02. The highest BCUT2D eigenvalue weighted by atomic mass is 16.5. The van der Waals surface area contributed by atoms with Crippen molar-refractivity contribution in [2.24, 2.45) is 0 Å². The quantitative estimate of drug-likeness (QED) is 0.848. The number of aryl methyl sites for hydroxylation is 2. The fraction of sp³-hybridized carbons (Fsp3) is 0.571. The second-order valence-electron chi connectivity index (χ2n) is 4.97. The lowest BCUT2D eigenvalue weighted by molar-refractivity contribution is 0.0808. The number of hydrogen-bond donors (Lipinski definition) is 1. The van der Waals surface area contributed by atoms with Gasteiger partial charge in [-0.3, -0.25) is 0 Å². The van der Waals surface area contributed by atoms with E-state index in [-0.39, 0.29) is 0 Å². The zero-order valence-electron chi connectivity index (χ0n) is 10.9. The maximum atomic E-state index is 9.83. The van der Waals surface area contributed by atoms with Crippen LogP contribution in [0.1, 0.15) is 37.5 Å². The second kappa shape index (κ2) is 4.88. The first-order valence-corrected chi connectivity index (χ1v) is 5.79. The van der Waals surface area contributed by atoms with Crippen LogP contribution in [-0.4, -0.2) is 17.3 Å². The normalized spacial score (nSPS) is 11.6. The molecular weight excluding hydrogens is 200 g/mol. The van der Waals surface area contributed by atoms with E-state index in [0.717, 1.165) is 11.3 Å². The molecule has 0 atom stereocenters. The van der Waals surface area contributed by atoms with Crippen molar-refractivity contribution in [3.05, 3.63) is 28.8 Å². The Morgan fingerprint density at radius 1 is 1.19 bits per heavy atom. The summed E-state index contributed by atoms with van der Waals surface area (Å²) in [6, 6.07) is 4.16. The smallest absolute Gasteiger partial charge is 0.122 e. The predicted molar refractivity (Wildman–Crippen MR) is 67.1 cm³/mol. The third kappa shape index (κ3) is 3.53. The lowest BCUT2D eigenvalue weighted by Gasteiger charge is -2.20. The molecule has 0 saturated carbocycles. The average Bonchev–Trinajstić information content (AvgIpc) is 2.11. The molecule has 0 fully saturated rings. The highest BCUT2D eigenvalue weighted by molar-refractivity contribution is 5.42. The van der Waals surface area contributed by atoms with E-state index in [4.69, 9.17) is 4.74 Å². The van der Waals surface area contributed by atoms with Crippen molar-refractivity contribution in [1.29, 1.82) is 0 Å². The molecule has 1 N–H and O–H groups in total. The monoisotopic (exact) mass is 222 g/mol. The average molecular weight is 222 g/mol. The van der Waals surface area contributed by atoms with Crippen LogP contribution < -0.4 is 4.74 Å². The Morgan fingerprint density at radius 2 is 1.81 bits per heavy atom. The Labute approximate surface area is 98.3 Å². The van der Waals surface area contributed by atoms with Crippen LogP contribution in [0.25, 0.3) is 0 Å². The molecule has 0 aliphatic carbocycles. The van der Waals surface area contributed by atoms with Gasteiger partial charge in [0.05, 0.1) is 12.2 Å². The van der Waals surface area contributed by atoms with Gasteiger partial charge in [-0.2, -0.15) is 0 Å². The van der Waals surface area contributed by atoms with Crippen molar-refractivity contribution in [3.8, 4) is 5.75 Å². The van der Waals surface area contributed by atoms with Gasteiger partial charge in [-0.15, -0.1) is 0 Å². The van der Waals surface area contributed by atoms with Gasteiger partial charge >= 0.3 is 0 Å². The van der Waals surface area contributed by atoms with Crippen molar-refractivity contribution in [2.45, 2.75) is 46.6 Å². The third-order valence-corrected chi connectivity index (χ3v) is 2.56. The molecule has 90 valence electrons. The van der Waals surface area contributed by atoms with Gasteiger partial charge in [-0.05, 0) is 57.4 Å². The molecule has 1 aromatic rings. The molecule has 0 bridgehead atoms. The van der Waals surface area contributed by atoms with Gasteiger partial charge in [-0.25, -0.2) is 0 Å². The van der Waals surface area contributed by atoms with Crippen LogP contribution in [0.3, 0.4) is 0 Å². The lowest BCUT2D eigenvalue weighted by Crippen LogP contribution is -2.22. The summed E-state index contributed by atoms with van der Waals surface area (Å²) in [7, 11) is 0. The van der Waals surface area contributed by atoms with E-state index in [0.29, 0.717) is 13.0 Å². The molecule has 0 aliphatic rings. The summed E-state index contributed by atoms with van der Waals surface area (Å²) in [4.78, 5) is 0. The minimum atomic E-state index is -0.662. The molecule has 1 rings (SSSR count). The SMILES string of the molecule is CCOc1cc(C)c(CC(C)(C)O)cc1C. The van der Waals surface area contributed by atoms with E-state index in [9.17, 15) is 5.11 Å². The lowest BCUT2D eigenvalue weighted by atomic mass is 9.94. The van der Waals surface area contributed by atoms with Crippen LogP contribution in [0.2, 0.25) is 0 Å². The van der Waals surface area contributed by atoms with Gasteiger partial charge in [0.15, 0.2) is 0 Å². The molecule has 0 saturated heterocycles. The van der Waals surface area contributed by atoms with Crippen molar-refractivity contribution < 1.29 is 9.84 Å². The van der Waals surface area contributed by atoms with E-state index >= 15 is 0 Å². The maximum Gasteiger partial charge on any atom is 0.122 e. The predicted octanol–water partition coefficient (Wildman–Crippen LogP) is 3.02. The summed E-state index contributed by atoms with van der Waals surface area (Å²) in [6.07, 6.45) is 0.673. The fourth-order valence-electron chi connectivity index (χ4n) is 1.82. The van der Waals surface area contributed by atoms with Crippen LogP contribution in [0.5, 0.6) is 5.75 Å². The molecule has 2 heteroatoms. The first-order valence-electron chi connectivity index (χ1n) is 5.79. The third-order valence-electron chi connectivity index (χ3n) is 2.56. The van der Waals surface area contributed by atoms with Crippen LogP contribution in [-0.2, 0) is 6.42 Å². The molecule has 16 heavy (non-hydrogen) atoms. The zero-order chi connectivity index (χ0) is 12.3. The highest BCUT2D eigenvalue weighted by Crippen LogP contribution is 2.25. The Kier molecular flexibility index (Phi) is 3.98. The van der Waals surface area contributed by atoms with Gasteiger partial charge in [-0.1, -0.05) is 6.07 Å². The van der Waals surface area contributed by atoms with E-state index in [2.05, 4.69) is 19.1 Å². The van der Waals surface area contributed by atoms with Gasteiger partial charge in [0.1, 0.15) is 5.75 Å². The topological polar surface area (TPSA) is 29.5 Å². The highest BCUT2D eigenvalue weighted by Gasteiger charge is 2.16. The summed E-state index contributed by atoms with van der Waals surface area (Å²) in [5.74, 6) is 0.944. The Bertz CT molecular complexity index is 362. The van der Waals surface area contributed by atoms with Crippen molar-refractivity contribution in [2.75, 3.05) is 6.61 Å². The van der Waals surface area contributed by atoms with Gasteiger partial charge in [0.2, 0.25) is 0 Å². The molecule has 0 radical (unpaired) electrons. The van der Waals surface area contributed by atoms with Crippen LogP contribution in [0, 0.1) is 13.8 Å². The molecule has 0 spiro atoms. The first-order chi connectivity index (χ1) is 7.33. The summed E-state index contributed by atoms with van der Waals surface area (Å²) in [5.41, 5.74) is 2.83. The number of aliphatic hydroxyl groups is 1. The molecule has 0 heterocycles. The van der Waals surface area contributed by atoms with Crippen LogP contribution >= 0.6 is 0 Å². The number of rotatable bonds is 4. The van der Waals surface area contributed by atoms with Crippen molar-refractivity contribution in [3.63, 3.8) is 0 Å². The van der Waals surface area contributed by atoms with Crippen LogP contribution in [0.4, 0.5) is 0 Å². The number of hydrogen-bond acceptors (Lipinski definition) is 2. The standard InChI is InChI=1S/C14H22O2/c1-6-16-13-8-10(2)12(7-11(13)3)9-14(4,5)15/h7-8,15H,6,9H2,1-5H3. The van der Waals surface area contributed by atoms with E-state index in [1.807, 2.05) is 27.7 Å². The van der Waals surface area contributed by atoms with E-state index in [1.54, 1.807) is 0 Å². The maximum absolute atomic E-state index is 9.83. The van der Waals surface area contributed by atoms with Crippen molar-refractivity contribution in [1.82, 2.24) is 0 Å². The minimum absolute atomic E-state index is 0.662. The summed E-state index contributed by atoms with van der Waals surface area (Å²) >= 11 is 0. The molecule has 2 nitrogen and oxygen atoms in total. The van der Waals surface area contributed by atoms with E-state index < -0.39 is 5.60 Å². The number of ether oxygens (including phenoxy) is 1. The minimum Gasteiger partial charge on any atom is -0.494 e. The number of benzene rings is 1. The largest absolute Gasteiger partial charge is 0.494 e. The van der Waals surface area contributed by atoms with Crippen LogP contribution in [0.15, 0.2) is 12.1 Å². The summed E-state index contributed by atoms with van der Waals surface area (Å²) in [5, 5.41) is 9.83.